The topological polar surface area (TPSA) is 37.9 Å². The maximum atomic E-state index is 6.51. The van der Waals surface area contributed by atoms with Crippen molar-refractivity contribution in [1.82, 2.24) is 10.2 Å². The number of aromatic amines is 1. The molecule has 0 radical (unpaired) electrons. The van der Waals surface area contributed by atoms with Gasteiger partial charge >= 0.3 is 0 Å². The maximum absolute atomic E-state index is 6.51. The van der Waals surface area contributed by atoms with Crippen LogP contribution in [0.1, 0.15) is 40.2 Å². The van der Waals surface area contributed by atoms with Crippen molar-refractivity contribution in [2.75, 3.05) is 7.11 Å². The van der Waals surface area contributed by atoms with Crippen LogP contribution in [0.25, 0.3) is 0 Å². The van der Waals surface area contributed by atoms with E-state index in [-0.39, 0.29) is 5.38 Å². The van der Waals surface area contributed by atoms with E-state index in [0.29, 0.717) is 5.92 Å². The molecule has 1 heterocycles. The lowest BCUT2D eigenvalue weighted by Crippen LogP contribution is -2.14. The summed E-state index contributed by atoms with van der Waals surface area (Å²) in [6.07, 6.45) is 1.91. The number of aryl methyl sites for hydroxylation is 1. The quantitative estimate of drug-likeness (QED) is 0.849. The predicted molar refractivity (Wildman–Crippen MR) is 76.0 cm³/mol. The first-order valence-electron chi connectivity index (χ1n) is 6.50. The standard InChI is InChI=1S/C15H17ClN2O/c1-9-15-13(16)7-11(8-14(15)18-17-9)10-3-5-12(19-2)6-4-10/h3-6,11,13H,7-8H2,1-2H3,(H,17,18). The van der Waals surface area contributed by atoms with Crippen LogP contribution in [-0.4, -0.2) is 17.3 Å². The molecule has 3 nitrogen and oxygen atoms in total. The molecule has 19 heavy (non-hydrogen) atoms. The SMILES string of the molecule is COc1ccc(C2Cc3n[nH]c(C)c3C(Cl)C2)cc1. The van der Waals surface area contributed by atoms with Crippen LogP contribution in [0.2, 0.25) is 0 Å². The molecular formula is C15H17ClN2O. The molecule has 0 saturated carbocycles. The third kappa shape index (κ3) is 2.23. The second-order valence-corrected chi connectivity index (χ2v) is 5.61. The van der Waals surface area contributed by atoms with E-state index in [2.05, 4.69) is 22.3 Å². The highest BCUT2D eigenvalue weighted by Gasteiger charge is 2.30. The van der Waals surface area contributed by atoms with Gasteiger partial charge in [0.25, 0.3) is 0 Å². The van der Waals surface area contributed by atoms with Crippen LogP contribution in [0.15, 0.2) is 24.3 Å². The zero-order chi connectivity index (χ0) is 13.4. The molecule has 0 spiro atoms. The van der Waals surface area contributed by atoms with Crippen LogP contribution >= 0.6 is 11.6 Å². The van der Waals surface area contributed by atoms with Crippen molar-refractivity contribution in [3.8, 4) is 5.75 Å². The number of H-pyrrole nitrogens is 1. The minimum Gasteiger partial charge on any atom is -0.497 e. The Hall–Kier alpha value is -1.48. The molecule has 1 aliphatic carbocycles. The smallest absolute Gasteiger partial charge is 0.118 e. The summed E-state index contributed by atoms with van der Waals surface area (Å²) in [7, 11) is 1.68. The van der Waals surface area contributed by atoms with Crippen molar-refractivity contribution in [2.24, 2.45) is 0 Å². The minimum atomic E-state index is 0.0506. The minimum absolute atomic E-state index is 0.0506. The van der Waals surface area contributed by atoms with E-state index in [1.165, 1.54) is 11.1 Å². The van der Waals surface area contributed by atoms with Crippen molar-refractivity contribution in [3.63, 3.8) is 0 Å². The number of nitrogens with one attached hydrogen (secondary N) is 1. The number of hydrogen-bond acceptors (Lipinski definition) is 2. The number of ether oxygens (including phenoxy) is 1. The zero-order valence-electron chi connectivity index (χ0n) is 11.1. The Labute approximate surface area is 117 Å². The molecular weight excluding hydrogens is 260 g/mol. The highest BCUT2D eigenvalue weighted by molar-refractivity contribution is 6.21. The zero-order valence-corrected chi connectivity index (χ0v) is 11.9. The average Bonchev–Trinajstić information content (AvgIpc) is 2.81. The van der Waals surface area contributed by atoms with Crippen LogP contribution in [0.4, 0.5) is 0 Å². The van der Waals surface area contributed by atoms with Gasteiger partial charge < -0.3 is 4.74 Å². The van der Waals surface area contributed by atoms with E-state index in [9.17, 15) is 0 Å². The fourth-order valence-electron chi connectivity index (χ4n) is 2.87. The second-order valence-electron chi connectivity index (χ2n) is 5.09. The van der Waals surface area contributed by atoms with Crippen molar-refractivity contribution in [3.05, 3.63) is 46.8 Å². The van der Waals surface area contributed by atoms with Crippen LogP contribution in [0.5, 0.6) is 5.75 Å². The number of rotatable bonds is 2. The number of benzene rings is 1. The second kappa shape index (κ2) is 4.89. The predicted octanol–water partition coefficient (Wildman–Crippen LogP) is 3.74. The summed E-state index contributed by atoms with van der Waals surface area (Å²) in [5.41, 5.74) is 4.72. The monoisotopic (exact) mass is 276 g/mol. The Morgan fingerprint density at radius 1 is 1.32 bits per heavy atom. The van der Waals surface area contributed by atoms with Gasteiger partial charge in [0.15, 0.2) is 0 Å². The fraction of sp³-hybridized carbons (Fsp3) is 0.400. The molecule has 2 atom stereocenters. The van der Waals surface area contributed by atoms with E-state index >= 15 is 0 Å². The van der Waals surface area contributed by atoms with E-state index in [1.807, 2.05) is 19.1 Å². The first-order valence-corrected chi connectivity index (χ1v) is 6.94. The molecule has 2 unspecified atom stereocenters. The lowest BCUT2D eigenvalue weighted by atomic mass is 9.82. The number of methoxy groups -OCH3 is 1. The van der Waals surface area contributed by atoms with Crippen LogP contribution < -0.4 is 4.74 Å². The fourth-order valence-corrected chi connectivity index (χ4v) is 3.38. The third-order valence-electron chi connectivity index (χ3n) is 3.91. The number of fused-ring (bicyclic) bond motifs is 1. The molecule has 0 bridgehead atoms. The largest absolute Gasteiger partial charge is 0.497 e. The first kappa shape index (κ1) is 12.5. The molecule has 0 saturated heterocycles. The van der Waals surface area contributed by atoms with Gasteiger partial charge in [-0.1, -0.05) is 12.1 Å². The Morgan fingerprint density at radius 2 is 2.05 bits per heavy atom. The Morgan fingerprint density at radius 3 is 2.74 bits per heavy atom. The summed E-state index contributed by atoms with van der Waals surface area (Å²) < 4.78 is 5.19. The molecule has 1 N–H and O–H groups in total. The molecule has 0 amide bonds. The summed E-state index contributed by atoms with van der Waals surface area (Å²) >= 11 is 6.51. The van der Waals surface area contributed by atoms with Gasteiger partial charge in [-0.15, -0.1) is 11.6 Å². The van der Waals surface area contributed by atoms with Gasteiger partial charge in [-0.25, -0.2) is 0 Å². The van der Waals surface area contributed by atoms with Gasteiger partial charge in [0.1, 0.15) is 5.75 Å². The van der Waals surface area contributed by atoms with Crippen molar-refractivity contribution in [1.29, 1.82) is 0 Å². The Kier molecular flexibility index (Phi) is 3.23. The van der Waals surface area contributed by atoms with E-state index in [1.54, 1.807) is 7.11 Å². The number of nitrogens with zero attached hydrogens (tertiary/aromatic N) is 1. The van der Waals surface area contributed by atoms with Gasteiger partial charge in [0, 0.05) is 11.3 Å². The lowest BCUT2D eigenvalue weighted by molar-refractivity contribution is 0.414. The number of hydrogen-bond donors (Lipinski definition) is 1. The van der Waals surface area contributed by atoms with E-state index in [0.717, 1.165) is 30.0 Å². The Bertz CT molecular complexity index is 576. The molecule has 3 rings (SSSR count). The molecule has 1 aliphatic rings. The number of halogens is 1. The summed E-state index contributed by atoms with van der Waals surface area (Å²) in [6.45, 7) is 2.04. The highest BCUT2D eigenvalue weighted by atomic mass is 35.5. The summed E-state index contributed by atoms with van der Waals surface area (Å²) in [5, 5.41) is 7.48. The number of alkyl halides is 1. The third-order valence-corrected chi connectivity index (χ3v) is 4.30. The average molecular weight is 277 g/mol. The molecule has 1 aromatic carbocycles. The Balaban J connectivity index is 1.88. The van der Waals surface area contributed by atoms with Gasteiger partial charge in [0.2, 0.25) is 0 Å². The summed E-state index contributed by atoms with van der Waals surface area (Å²) in [4.78, 5) is 0. The van der Waals surface area contributed by atoms with Crippen molar-refractivity contribution >= 4 is 11.6 Å². The molecule has 100 valence electrons. The van der Waals surface area contributed by atoms with Crippen LogP contribution in [-0.2, 0) is 6.42 Å². The van der Waals surface area contributed by atoms with Gasteiger partial charge in [-0.2, -0.15) is 5.10 Å². The molecule has 0 fully saturated rings. The molecule has 1 aromatic heterocycles. The lowest BCUT2D eigenvalue weighted by Gasteiger charge is -2.26. The van der Waals surface area contributed by atoms with E-state index < -0.39 is 0 Å². The highest BCUT2D eigenvalue weighted by Crippen LogP contribution is 2.42. The van der Waals surface area contributed by atoms with Crippen molar-refractivity contribution in [2.45, 2.75) is 31.1 Å². The van der Waals surface area contributed by atoms with Crippen molar-refractivity contribution < 1.29 is 4.74 Å². The normalized spacial score (nSPS) is 22.1. The van der Waals surface area contributed by atoms with Gasteiger partial charge in [-0.05, 0) is 43.4 Å². The maximum Gasteiger partial charge on any atom is 0.118 e. The number of aromatic nitrogens is 2. The molecule has 0 aliphatic heterocycles. The summed E-state index contributed by atoms with van der Waals surface area (Å²) in [6, 6.07) is 8.25. The summed E-state index contributed by atoms with van der Waals surface area (Å²) in [5.74, 6) is 1.32. The first-order chi connectivity index (χ1) is 9.19. The molecule has 4 heteroatoms. The van der Waals surface area contributed by atoms with E-state index in [4.69, 9.17) is 16.3 Å². The molecule has 2 aromatic rings. The van der Waals surface area contributed by atoms with Gasteiger partial charge in [-0.3, -0.25) is 5.10 Å². The van der Waals surface area contributed by atoms with Crippen LogP contribution in [0, 0.1) is 6.92 Å². The van der Waals surface area contributed by atoms with Gasteiger partial charge in [0.05, 0.1) is 18.2 Å². The van der Waals surface area contributed by atoms with Crippen LogP contribution in [0.3, 0.4) is 0 Å².